The number of esters is 1. The lowest BCUT2D eigenvalue weighted by atomic mass is 9.90. The fraction of sp³-hybridized carbons (Fsp3) is 0.227. The van der Waals surface area contributed by atoms with E-state index in [0.717, 1.165) is 29.7 Å². The third-order valence-corrected chi connectivity index (χ3v) is 5.08. The molecule has 1 aliphatic carbocycles. The first-order valence-electron chi connectivity index (χ1n) is 8.94. The van der Waals surface area contributed by atoms with Crippen LogP contribution < -0.4 is 9.47 Å². The summed E-state index contributed by atoms with van der Waals surface area (Å²) in [4.78, 5) is 12.3. The predicted octanol–water partition coefficient (Wildman–Crippen LogP) is 4.28. The van der Waals surface area contributed by atoms with Crippen LogP contribution >= 0.6 is 0 Å². The van der Waals surface area contributed by atoms with Crippen molar-refractivity contribution >= 4 is 17.8 Å². The molecule has 4 heteroatoms. The standard InChI is InChI=1S/C22H18O4/c23-22-18(9-14-5-8-19-21(10-14)25-13-24-19)12-20(26-22)17-7-6-15-3-1-2-4-16(15)11-17/h5-12H,1-4,13H2/b18-9+. The van der Waals surface area contributed by atoms with Gasteiger partial charge in [-0.25, -0.2) is 4.79 Å². The van der Waals surface area contributed by atoms with Gasteiger partial charge < -0.3 is 14.2 Å². The Morgan fingerprint density at radius 3 is 2.65 bits per heavy atom. The number of ether oxygens (including phenoxy) is 3. The van der Waals surface area contributed by atoms with Crippen molar-refractivity contribution in [2.24, 2.45) is 0 Å². The lowest BCUT2D eigenvalue weighted by molar-refractivity contribution is -0.130. The quantitative estimate of drug-likeness (QED) is 0.601. The van der Waals surface area contributed by atoms with Gasteiger partial charge in [-0.15, -0.1) is 0 Å². The van der Waals surface area contributed by atoms with Crippen LogP contribution in [0.15, 0.2) is 48.0 Å². The zero-order chi connectivity index (χ0) is 17.5. The van der Waals surface area contributed by atoms with E-state index in [1.807, 2.05) is 36.4 Å². The molecule has 2 aliphatic heterocycles. The van der Waals surface area contributed by atoms with Crippen molar-refractivity contribution in [1.29, 1.82) is 0 Å². The number of benzene rings is 2. The highest BCUT2D eigenvalue weighted by atomic mass is 16.7. The molecule has 0 unspecified atom stereocenters. The normalized spacial score (nSPS) is 19.3. The largest absolute Gasteiger partial charge is 0.454 e. The summed E-state index contributed by atoms with van der Waals surface area (Å²) in [6.07, 6.45) is 8.36. The number of hydrogen-bond acceptors (Lipinski definition) is 4. The van der Waals surface area contributed by atoms with Crippen molar-refractivity contribution in [3.05, 3.63) is 70.3 Å². The third-order valence-electron chi connectivity index (χ3n) is 5.08. The van der Waals surface area contributed by atoms with E-state index in [-0.39, 0.29) is 12.8 Å². The summed E-state index contributed by atoms with van der Waals surface area (Å²) < 4.78 is 16.2. The van der Waals surface area contributed by atoms with E-state index in [1.54, 1.807) is 0 Å². The minimum atomic E-state index is -0.324. The van der Waals surface area contributed by atoms with Crippen LogP contribution in [-0.2, 0) is 22.4 Å². The van der Waals surface area contributed by atoms with Crippen molar-refractivity contribution in [3.8, 4) is 11.5 Å². The van der Waals surface area contributed by atoms with Crippen LogP contribution in [0.5, 0.6) is 11.5 Å². The van der Waals surface area contributed by atoms with Crippen molar-refractivity contribution < 1.29 is 19.0 Å². The van der Waals surface area contributed by atoms with Gasteiger partial charge in [0.2, 0.25) is 6.79 Å². The van der Waals surface area contributed by atoms with E-state index < -0.39 is 0 Å². The summed E-state index contributed by atoms with van der Waals surface area (Å²) >= 11 is 0. The fourth-order valence-corrected chi connectivity index (χ4v) is 3.70. The zero-order valence-corrected chi connectivity index (χ0v) is 14.3. The van der Waals surface area contributed by atoms with E-state index >= 15 is 0 Å². The van der Waals surface area contributed by atoms with Gasteiger partial charge in [-0.05, 0) is 72.7 Å². The molecule has 2 aromatic carbocycles. The Morgan fingerprint density at radius 1 is 0.885 bits per heavy atom. The summed E-state index contributed by atoms with van der Waals surface area (Å²) in [5.41, 5.74) is 5.17. The minimum absolute atomic E-state index is 0.236. The maximum absolute atomic E-state index is 12.3. The summed E-state index contributed by atoms with van der Waals surface area (Å²) in [5, 5.41) is 0. The van der Waals surface area contributed by atoms with Crippen LogP contribution in [0.25, 0.3) is 11.8 Å². The summed E-state index contributed by atoms with van der Waals surface area (Å²) in [6, 6.07) is 12.0. The molecule has 0 spiro atoms. The second-order valence-corrected chi connectivity index (χ2v) is 6.80. The van der Waals surface area contributed by atoms with Crippen LogP contribution in [0, 0.1) is 0 Å². The first-order chi connectivity index (χ1) is 12.8. The lowest BCUT2D eigenvalue weighted by Crippen LogP contribution is -2.03. The molecular formula is C22H18O4. The predicted molar refractivity (Wildman–Crippen MR) is 97.7 cm³/mol. The van der Waals surface area contributed by atoms with E-state index in [1.165, 1.54) is 24.0 Å². The number of rotatable bonds is 2. The maximum Gasteiger partial charge on any atom is 0.343 e. The Labute approximate surface area is 151 Å². The van der Waals surface area contributed by atoms with Gasteiger partial charge >= 0.3 is 5.97 Å². The molecule has 0 saturated carbocycles. The van der Waals surface area contributed by atoms with Gasteiger partial charge in [-0.3, -0.25) is 0 Å². The lowest BCUT2D eigenvalue weighted by Gasteiger charge is -2.16. The average Bonchev–Trinajstić information content (AvgIpc) is 3.28. The van der Waals surface area contributed by atoms with Gasteiger partial charge in [-0.2, -0.15) is 0 Å². The van der Waals surface area contributed by atoms with Gasteiger partial charge in [0.25, 0.3) is 0 Å². The molecular weight excluding hydrogens is 328 g/mol. The Balaban J connectivity index is 1.46. The average molecular weight is 346 g/mol. The van der Waals surface area contributed by atoms with E-state index in [4.69, 9.17) is 14.2 Å². The molecule has 4 nitrogen and oxygen atoms in total. The smallest absolute Gasteiger partial charge is 0.343 e. The van der Waals surface area contributed by atoms with Crippen molar-refractivity contribution in [1.82, 2.24) is 0 Å². The second-order valence-electron chi connectivity index (χ2n) is 6.80. The number of carbonyl (C=O) groups excluding carboxylic acids is 1. The topological polar surface area (TPSA) is 44.8 Å². The zero-order valence-electron chi connectivity index (χ0n) is 14.3. The molecule has 2 heterocycles. The summed E-state index contributed by atoms with van der Waals surface area (Å²) in [6.45, 7) is 0.236. The van der Waals surface area contributed by atoms with Crippen LogP contribution in [0.1, 0.15) is 35.1 Å². The molecule has 0 saturated heterocycles. The van der Waals surface area contributed by atoms with Crippen molar-refractivity contribution in [2.45, 2.75) is 25.7 Å². The van der Waals surface area contributed by atoms with E-state index in [2.05, 4.69) is 12.1 Å². The first-order valence-corrected chi connectivity index (χ1v) is 8.94. The second kappa shape index (κ2) is 6.06. The molecule has 5 rings (SSSR count). The van der Waals surface area contributed by atoms with Crippen LogP contribution in [-0.4, -0.2) is 12.8 Å². The maximum atomic E-state index is 12.3. The summed E-state index contributed by atoms with van der Waals surface area (Å²) in [5.74, 6) is 1.72. The molecule has 0 amide bonds. The van der Waals surface area contributed by atoms with E-state index in [0.29, 0.717) is 17.1 Å². The number of cyclic esters (lactones) is 1. The van der Waals surface area contributed by atoms with E-state index in [9.17, 15) is 4.79 Å². The Kier molecular flexibility index (Phi) is 3.56. The minimum Gasteiger partial charge on any atom is -0.454 e. The Hall–Kier alpha value is -3.01. The van der Waals surface area contributed by atoms with Gasteiger partial charge in [-0.1, -0.05) is 18.2 Å². The number of carbonyl (C=O) groups is 1. The monoisotopic (exact) mass is 346 g/mol. The molecule has 130 valence electrons. The highest BCUT2D eigenvalue weighted by Crippen LogP contribution is 2.34. The molecule has 0 aromatic heterocycles. The highest BCUT2D eigenvalue weighted by molar-refractivity contribution is 6.05. The summed E-state index contributed by atoms with van der Waals surface area (Å²) in [7, 11) is 0. The number of hydrogen-bond donors (Lipinski definition) is 0. The third kappa shape index (κ3) is 2.68. The Bertz CT molecular complexity index is 968. The Morgan fingerprint density at radius 2 is 1.73 bits per heavy atom. The van der Waals surface area contributed by atoms with Crippen molar-refractivity contribution in [3.63, 3.8) is 0 Å². The van der Waals surface area contributed by atoms with Gasteiger partial charge in [0, 0.05) is 5.56 Å². The molecule has 0 fully saturated rings. The van der Waals surface area contributed by atoms with Crippen LogP contribution in [0.4, 0.5) is 0 Å². The highest BCUT2D eigenvalue weighted by Gasteiger charge is 2.23. The van der Waals surface area contributed by atoms with Crippen molar-refractivity contribution in [2.75, 3.05) is 6.79 Å². The first kappa shape index (κ1) is 15.3. The number of fused-ring (bicyclic) bond motifs is 2. The fourth-order valence-electron chi connectivity index (χ4n) is 3.70. The molecule has 0 radical (unpaired) electrons. The SMILES string of the molecule is O=C1OC(c2ccc3c(c2)CCCC3)=C/C1=C\c1ccc2c(c1)OCO2. The molecule has 0 atom stereocenters. The molecule has 0 N–H and O–H groups in total. The molecule has 26 heavy (non-hydrogen) atoms. The molecule has 0 bridgehead atoms. The molecule has 3 aliphatic rings. The van der Waals surface area contributed by atoms with Gasteiger partial charge in [0.15, 0.2) is 11.5 Å². The molecule has 2 aromatic rings. The van der Waals surface area contributed by atoms with Crippen LogP contribution in [0.3, 0.4) is 0 Å². The van der Waals surface area contributed by atoms with Crippen LogP contribution in [0.2, 0.25) is 0 Å². The van der Waals surface area contributed by atoms with Gasteiger partial charge in [0.05, 0.1) is 5.57 Å². The number of aryl methyl sites for hydroxylation is 2. The van der Waals surface area contributed by atoms with Gasteiger partial charge in [0.1, 0.15) is 5.76 Å².